The summed E-state index contributed by atoms with van der Waals surface area (Å²) in [6, 6.07) is 4.01. The quantitative estimate of drug-likeness (QED) is 0.472. The lowest BCUT2D eigenvalue weighted by Gasteiger charge is -2.11. The van der Waals surface area contributed by atoms with E-state index in [0.717, 1.165) is 12.1 Å². The fourth-order valence-electron chi connectivity index (χ4n) is 1.60. The molecule has 2 aromatic rings. The highest BCUT2D eigenvalue weighted by molar-refractivity contribution is 9.10. The maximum absolute atomic E-state index is 13.9. The number of hydrogen-bond donors (Lipinski definition) is 2. The summed E-state index contributed by atoms with van der Waals surface area (Å²) in [5.74, 6) is -4.27. The van der Waals surface area contributed by atoms with Crippen LogP contribution in [0, 0.1) is 23.3 Å². The normalized spacial score (nSPS) is 10.5. The number of halogens is 5. The number of benzene rings is 2. The van der Waals surface area contributed by atoms with Crippen LogP contribution in [0.15, 0.2) is 28.7 Å². The van der Waals surface area contributed by atoms with Crippen LogP contribution in [-0.4, -0.2) is 4.99 Å². The number of nitrogens with one attached hydrogen (secondary N) is 1. The molecule has 0 aromatic heterocycles. The van der Waals surface area contributed by atoms with Crippen molar-refractivity contribution < 1.29 is 17.6 Å². The van der Waals surface area contributed by atoms with Gasteiger partial charge in [-0.3, -0.25) is 0 Å². The molecule has 0 aliphatic heterocycles. The monoisotopic (exact) mass is 378 g/mol. The Labute approximate surface area is 131 Å². The molecule has 0 fully saturated rings. The molecule has 2 aromatic carbocycles. The van der Waals surface area contributed by atoms with Crippen LogP contribution < -0.4 is 11.1 Å². The average molecular weight is 379 g/mol. The average Bonchev–Trinajstić information content (AvgIpc) is 2.40. The first-order valence-corrected chi connectivity index (χ1v) is 6.70. The largest absolute Gasteiger partial charge is 0.389 e. The molecule has 2 nitrogen and oxygen atoms in total. The molecule has 0 aliphatic carbocycles. The number of rotatable bonds is 3. The summed E-state index contributed by atoms with van der Waals surface area (Å²) in [7, 11) is 0. The van der Waals surface area contributed by atoms with E-state index in [9.17, 15) is 17.6 Å². The Balaban J connectivity index is 2.43. The Bertz CT molecular complexity index is 737. The minimum atomic E-state index is -1.26. The van der Waals surface area contributed by atoms with Crippen LogP contribution in [0.4, 0.5) is 28.9 Å². The lowest BCUT2D eigenvalue weighted by Crippen LogP contribution is -2.13. The topological polar surface area (TPSA) is 38.0 Å². The van der Waals surface area contributed by atoms with Crippen molar-refractivity contribution in [3.05, 3.63) is 57.6 Å². The fourth-order valence-corrected chi connectivity index (χ4v) is 2.10. The molecular weight excluding hydrogens is 372 g/mol. The second-order valence-electron chi connectivity index (χ2n) is 4.02. The maximum atomic E-state index is 13.9. The smallest absolute Gasteiger partial charge is 0.182 e. The van der Waals surface area contributed by atoms with E-state index in [2.05, 4.69) is 33.5 Å². The maximum Gasteiger partial charge on any atom is 0.182 e. The van der Waals surface area contributed by atoms with Gasteiger partial charge in [-0.15, -0.1) is 0 Å². The Kier molecular flexibility index (Phi) is 4.48. The standard InChI is InChI=1S/C13H7BrF4N2S/c14-6-3-10(8(16)4-7(6)15)20-9-2-1-5(13(19)21)11(17)12(9)18/h1-4,20H,(H2,19,21). The lowest BCUT2D eigenvalue weighted by atomic mass is 10.1. The van der Waals surface area contributed by atoms with Gasteiger partial charge >= 0.3 is 0 Å². The second-order valence-corrected chi connectivity index (χ2v) is 5.32. The minimum Gasteiger partial charge on any atom is -0.389 e. The highest BCUT2D eigenvalue weighted by atomic mass is 79.9. The van der Waals surface area contributed by atoms with E-state index in [4.69, 9.17) is 5.73 Å². The molecule has 2 rings (SSSR count). The first kappa shape index (κ1) is 15.7. The van der Waals surface area contributed by atoms with Gasteiger partial charge in [-0.1, -0.05) is 12.2 Å². The van der Waals surface area contributed by atoms with Crippen LogP contribution in [0.25, 0.3) is 0 Å². The zero-order chi connectivity index (χ0) is 15.7. The molecule has 3 N–H and O–H groups in total. The molecule has 0 spiro atoms. The Morgan fingerprint density at radius 1 is 1.00 bits per heavy atom. The number of hydrogen-bond acceptors (Lipinski definition) is 2. The summed E-state index contributed by atoms with van der Waals surface area (Å²) >= 11 is 7.45. The summed E-state index contributed by atoms with van der Waals surface area (Å²) in [4.78, 5) is -0.298. The molecule has 21 heavy (non-hydrogen) atoms. The molecule has 0 heterocycles. The van der Waals surface area contributed by atoms with Gasteiger partial charge in [0.05, 0.1) is 15.8 Å². The molecule has 0 bridgehead atoms. The molecule has 0 atom stereocenters. The van der Waals surface area contributed by atoms with Gasteiger partial charge in [-0.25, -0.2) is 17.6 Å². The Hall–Kier alpha value is -1.67. The van der Waals surface area contributed by atoms with Crippen LogP contribution in [0.2, 0.25) is 0 Å². The van der Waals surface area contributed by atoms with Crippen molar-refractivity contribution >= 4 is 44.5 Å². The molecule has 8 heteroatoms. The van der Waals surface area contributed by atoms with Gasteiger partial charge in [0.1, 0.15) is 16.6 Å². The third-order valence-corrected chi connectivity index (χ3v) is 3.45. The minimum absolute atomic E-state index is 0.0213. The van der Waals surface area contributed by atoms with Gasteiger partial charge in [0.2, 0.25) is 0 Å². The molecule has 0 saturated carbocycles. The van der Waals surface area contributed by atoms with E-state index in [-0.39, 0.29) is 26.4 Å². The summed E-state index contributed by atoms with van der Waals surface area (Å²) < 4.78 is 54.2. The van der Waals surface area contributed by atoms with Gasteiger partial charge in [0.15, 0.2) is 11.6 Å². The lowest BCUT2D eigenvalue weighted by molar-refractivity contribution is 0.510. The van der Waals surface area contributed by atoms with Crippen molar-refractivity contribution in [3.8, 4) is 0 Å². The van der Waals surface area contributed by atoms with E-state index in [0.29, 0.717) is 6.07 Å². The van der Waals surface area contributed by atoms with Crippen LogP contribution in [0.1, 0.15) is 5.56 Å². The second kappa shape index (κ2) is 5.98. The molecule has 0 aliphatic rings. The van der Waals surface area contributed by atoms with Crippen molar-refractivity contribution in [1.29, 1.82) is 0 Å². The highest BCUT2D eigenvalue weighted by Gasteiger charge is 2.16. The van der Waals surface area contributed by atoms with E-state index in [1.807, 2.05) is 0 Å². The van der Waals surface area contributed by atoms with Gasteiger partial charge < -0.3 is 11.1 Å². The summed E-state index contributed by atoms with van der Waals surface area (Å²) in [5.41, 5.74) is 4.44. The molecule has 0 unspecified atom stereocenters. The van der Waals surface area contributed by atoms with Gasteiger partial charge in [-0.2, -0.15) is 0 Å². The summed E-state index contributed by atoms with van der Waals surface area (Å²) in [6.07, 6.45) is 0. The summed E-state index contributed by atoms with van der Waals surface area (Å²) in [6.45, 7) is 0. The van der Waals surface area contributed by atoms with E-state index < -0.39 is 23.3 Å². The Morgan fingerprint density at radius 3 is 2.29 bits per heavy atom. The third kappa shape index (κ3) is 3.16. The van der Waals surface area contributed by atoms with Gasteiger partial charge in [0, 0.05) is 11.6 Å². The highest BCUT2D eigenvalue weighted by Crippen LogP contribution is 2.29. The SMILES string of the molecule is NC(=S)c1ccc(Nc2cc(Br)c(F)cc2F)c(F)c1F. The van der Waals surface area contributed by atoms with Crippen molar-refractivity contribution in [2.24, 2.45) is 5.73 Å². The zero-order valence-corrected chi connectivity index (χ0v) is 12.6. The van der Waals surface area contributed by atoms with Crippen molar-refractivity contribution in [3.63, 3.8) is 0 Å². The fraction of sp³-hybridized carbons (Fsp3) is 0. The van der Waals surface area contributed by atoms with Crippen LogP contribution >= 0.6 is 28.1 Å². The van der Waals surface area contributed by atoms with Crippen LogP contribution in [0.3, 0.4) is 0 Å². The predicted octanol–water partition coefficient (Wildman–Crippen LogP) is 4.38. The van der Waals surface area contributed by atoms with Gasteiger partial charge in [0.25, 0.3) is 0 Å². The molecule has 0 amide bonds. The molecular formula is C13H7BrF4N2S. The van der Waals surface area contributed by atoms with E-state index in [1.54, 1.807) is 0 Å². The van der Waals surface area contributed by atoms with Crippen molar-refractivity contribution in [2.75, 3.05) is 5.32 Å². The van der Waals surface area contributed by atoms with Crippen molar-refractivity contribution in [1.82, 2.24) is 0 Å². The van der Waals surface area contributed by atoms with E-state index in [1.165, 1.54) is 6.07 Å². The number of thiocarbonyl (C=S) groups is 1. The molecule has 0 radical (unpaired) electrons. The van der Waals surface area contributed by atoms with Gasteiger partial charge in [-0.05, 0) is 34.1 Å². The molecule has 110 valence electrons. The van der Waals surface area contributed by atoms with Crippen molar-refractivity contribution in [2.45, 2.75) is 0 Å². The predicted molar refractivity (Wildman–Crippen MR) is 79.6 cm³/mol. The first-order chi connectivity index (χ1) is 9.81. The van der Waals surface area contributed by atoms with Crippen LogP contribution in [0.5, 0.6) is 0 Å². The summed E-state index contributed by atoms with van der Waals surface area (Å²) in [5, 5.41) is 2.34. The first-order valence-electron chi connectivity index (χ1n) is 5.50. The van der Waals surface area contributed by atoms with Crippen LogP contribution in [-0.2, 0) is 0 Å². The molecule has 0 saturated heterocycles. The number of anilines is 2. The zero-order valence-electron chi connectivity index (χ0n) is 10.2. The Morgan fingerprint density at radius 2 is 1.67 bits per heavy atom. The number of nitrogens with two attached hydrogens (primary N) is 1. The third-order valence-electron chi connectivity index (χ3n) is 2.63. The van der Waals surface area contributed by atoms with E-state index >= 15 is 0 Å².